The van der Waals surface area contributed by atoms with Crippen LogP contribution >= 0.6 is 11.8 Å². The summed E-state index contributed by atoms with van der Waals surface area (Å²) in [6, 6.07) is 12.9. The molecule has 2 aromatic rings. The van der Waals surface area contributed by atoms with Crippen molar-refractivity contribution in [1.82, 2.24) is 10.3 Å². The van der Waals surface area contributed by atoms with Crippen LogP contribution in [0.4, 0.5) is 0 Å². The predicted octanol–water partition coefficient (Wildman–Crippen LogP) is 2.52. The second-order valence-electron chi connectivity index (χ2n) is 4.58. The Morgan fingerprint density at radius 1 is 1.19 bits per heavy atom. The van der Waals surface area contributed by atoms with Crippen molar-refractivity contribution < 1.29 is 4.79 Å². The molecule has 0 saturated carbocycles. The summed E-state index contributed by atoms with van der Waals surface area (Å²) in [7, 11) is 0. The van der Waals surface area contributed by atoms with E-state index in [-0.39, 0.29) is 17.0 Å². The van der Waals surface area contributed by atoms with Crippen molar-refractivity contribution >= 4 is 17.7 Å². The summed E-state index contributed by atoms with van der Waals surface area (Å²) in [6.45, 7) is 0.583. The molecule has 21 heavy (non-hydrogen) atoms. The Bertz CT molecular complexity index is 653. The summed E-state index contributed by atoms with van der Waals surface area (Å²) in [5.41, 5.74) is 1.42. The SMILES string of the molecule is CSCCCNC(=O)c1ccc(-c2ccccc2)[nH]c1=O. The third-order valence-corrected chi connectivity index (χ3v) is 3.75. The normalized spacial score (nSPS) is 10.3. The number of aromatic amines is 1. The molecule has 0 aliphatic carbocycles. The fraction of sp³-hybridized carbons (Fsp3) is 0.250. The molecule has 0 fully saturated rings. The minimum Gasteiger partial charge on any atom is -0.352 e. The van der Waals surface area contributed by atoms with Gasteiger partial charge < -0.3 is 10.3 Å². The second kappa shape index (κ2) is 7.69. The summed E-state index contributed by atoms with van der Waals surface area (Å²) in [4.78, 5) is 26.7. The first-order valence-electron chi connectivity index (χ1n) is 6.78. The van der Waals surface area contributed by atoms with Crippen molar-refractivity contribution in [2.45, 2.75) is 6.42 Å². The van der Waals surface area contributed by atoms with Crippen molar-refractivity contribution in [2.24, 2.45) is 0 Å². The molecule has 0 bridgehead atoms. The maximum Gasteiger partial charge on any atom is 0.261 e. The van der Waals surface area contributed by atoms with Gasteiger partial charge in [0.1, 0.15) is 5.56 Å². The van der Waals surface area contributed by atoms with E-state index in [9.17, 15) is 9.59 Å². The van der Waals surface area contributed by atoms with Gasteiger partial charge in [-0.1, -0.05) is 30.3 Å². The Balaban J connectivity index is 2.09. The number of amides is 1. The van der Waals surface area contributed by atoms with Crippen LogP contribution in [0.15, 0.2) is 47.3 Å². The highest BCUT2D eigenvalue weighted by atomic mass is 32.2. The highest BCUT2D eigenvalue weighted by molar-refractivity contribution is 7.98. The molecular formula is C16H18N2O2S. The van der Waals surface area contributed by atoms with E-state index in [4.69, 9.17) is 0 Å². The van der Waals surface area contributed by atoms with E-state index in [0.717, 1.165) is 17.7 Å². The monoisotopic (exact) mass is 302 g/mol. The maximum atomic E-state index is 12.0. The third kappa shape index (κ3) is 4.23. The van der Waals surface area contributed by atoms with Crippen molar-refractivity contribution in [3.63, 3.8) is 0 Å². The van der Waals surface area contributed by atoms with Crippen molar-refractivity contribution in [1.29, 1.82) is 0 Å². The number of nitrogens with one attached hydrogen (secondary N) is 2. The summed E-state index contributed by atoms with van der Waals surface area (Å²) < 4.78 is 0. The predicted molar refractivity (Wildman–Crippen MR) is 87.8 cm³/mol. The van der Waals surface area contributed by atoms with Crippen LogP contribution in [0.1, 0.15) is 16.8 Å². The molecule has 1 aromatic heterocycles. The lowest BCUT2D eigenvalue weighted by atomic mass is 10.1. The number of aromatic nitrogens is 1. The molecule has 4 nitrogen and oxygen atoms in total. The first-order chi connectivity index (χ1) is 10.2. The number of hydrogen-bond acceptors (Lipinski definition) is 3. The summed E-state index contributed by atoms with van der Waals surface area (Å²) >= 11 is 1.73. The molecule has 0 aliphatic rings. The van der Waals surface area contributed by atoms with Crippen LogP contribution in [0.5, 0.6) is 0 Å². The van der Waals surface area contributed by atoms with E-state index in [1.165, 1.54) is 0 Å². The molecule has 1 heterocycles. The van der Waals surface area contributed by atoms with Crippen molar-refractivity contribution in [3.8, 4) is 11.3 Å². The first-order valence-corrected chi connectivity index (χ1v) is 8.17. The molecule has 5 heteroatoms. The molecular weight excluding hydrogens is 284 g/mol. The van der Waals surface area contributed by atoms with E-state index in [0.29, 0.717) is 12.2 Å². The average Bonchev–Trinajstić information content (AvgIpc) is 2.52. The van der Waals surface area contributed by atoms with Crippen molar-refractivity contribution in [3.05, 3.63) is 58.4 Å². The third-order valence-electron chi connectivity index (χ3n) is 3.05. The number of H-pyrrole nitrogens is 1. The molecule has 0 radical (unpaired) electrons. The molecule has 0 atom stereocenters. The number of benzene rings is 1. The van der Waals surface area contributed by atoms with E-state index in [1.54, 1.807) is 23.9 Å². The fourth-order valence-corrected chi connectivity index (χ4v) is 2.39. The van der Waals surface area contributed by atoms with E-state index < -0.39 is 0 Å². The Morgan fingerprint density at radius 2 is 1.95 bits per heavy atom. The Morgan fingerprint density at radius 3 is 2.62 bits per heavy atom. The number of hydrogen-bond donors (Lipinski definition) is 2. The van der Waals surface area contributed by atoms with Gasteiger partial charge in [0.25, 0.3) is 11.5 Å². The van der Waals surface area contributed by atoms with Crippen LogP contribution in [0.25, 0.3) is 11.3 Å². The average molecular weight is 302 g/mol. The van der Waals surface area contributed by atoms with E-state index in [2.05, 4.69) is 10.3 Å². The van der Waals surface area contributed by atoms with Gasteiger partial charge in [-0.25, -0.2) is 0 Å². The zero-order valence-corrected chi connectivity index (χ0v) is 12.7. The quantitative estimate of drug-likeness (QED) is 0.806. The standard InChI is InChI=1S/C16H18N2O2S/c1-21-11-5-10-17-15(19)13-8-9-14(18-16(13)20)12-6-3-2-4-7-12/h2-4,6-9H,5,10-11H2,1H3,(H,17,19)(H,18,20). The molecule has 1 amide bonds. The lowest BCUT2D eigenvalue weighted by Crippen LogP contribution is -2.30. The van der Waals surface area contributed by atoms with Gasteiger partial charge in [0, 0.05) is 12.2 Å². The lowest BCUT2D eigenvalue weighted by molar-refractivity contribution is 0.0952. The van der Waals surface area contributed by atoms with Crippen LogP contribution in [0, 0.1) is 0 Å². The van der Waals surface area contributed by atoms with Gasteiger partial charge in [-0.05, 0) is 36.1 Å². The van der Waals surface area contributed by atoms with Gasteiger partial charge in [0.05, 0.1) is 0 Å². The highest BCUT2D eigenvalue weighted by Gasteiger charge is 2.10. The number of carbonyl (C=O) groups excluding carboxylic acids is 1. The minimum absolute atomic E-state index is 0.152. The van der Waals surface area contributed by atoms with E-state index >= 15 is 0 Å². The van der Waals surface area contributed by atoms with Crippen molar-refractivity contribution in [2.75, 3.05) is 18.6 Å². The molecule has 1 aromatic carbocycles. The van der Waals surface area contributed by atoms with Crippen LogP contribution in [0.3, 0.4) is 0 Å². The zero-order chi connectivity index (χ0) is 15.1. The number of rotatable bonds is 6. The largest absolute Gasteiger partial charge is 0.352 e. The van der Waals surface area contributed by atoms with Gasteiger partial charge >= 0.3 is 0 Å². The molecule has 2 rings (SSSR count). The molecule has 0 unspecified atom stereocenters. The Hall–Kier alpha value is -2.01. The first kappa shape index (κ1) is 15.4. The summed E-state index contributed by atoms with van der Waals surface area (Å²) in [6.07, 6.45) is 2.92. The fourth-order valence-electron chi connectivity index (χ4n) is 1.95. The smallest absolute Gasteiger partial charge is 0.261 e. The Labute approximate surface area is 128 Å². The van der Waals surface area contributed by atoms with E-state index in [1.807, 2.05) is 36.6 Å². The van der Waals surface area contributed by atoms with Crippen LogP contribution < -0.4 is 10.9 Å². The topological polar surface area (TPSA) is 62.0 Å². The van der Waals surface area contributed by atoms with Gasteiger partial charge in [-0.3, -0.25) is 9.59 Å². The molecule has 0 saturated heterocycles. The van der Waals surface area contributed by atoms with Gasteiger partial charge in [-0.15, -0.1) is 0 Å². The van der Waals surface area contributed by atoms with Gasteiger partial charge in [0.2, 0.25) is 0 Å². The second-order valence-corrected chi connectivity index (χ2v) is 5.57. The lowest BCUT2D eigenvalue weighted by Gasteiger charge is -2.06. The molecule has 0 spiro atoms. The summed E-state index contributed by atoms with van der Waals surface area (Å²) in [5.74, 6) is 0.667. The molecule has 0 aliphatic heterocycles. The minimum atomic E-state index is -0.362. The summed E-state index contributed by atoms with van der Waals surface area (Å²) in [5, 5.41) is 2.76. The highest BCUT2D eigenvalue weighted by Crippen LogP contribution is 2.14. The van der Waals surface area contributed by atoms with Crippen LogP contribution in [-0.4, -0.2) is 29.4 Å². The number of carbonyl (C=O) groups is 1. The number of pyridine rings is 1. The maximum absolute atomic E-state index is 12.0. The molecule has 2 N–H and O–H groups in total. The number of thioether (sulfide) groups is 1. The zero-order valence-electron chi connectivity index (χ0n) is 11.9. The Kier molecular flexibility index (Phi) is 5.63. The van der Waals surface area contributed by atoms with Crippen LogP contribution in [-0.2, 0) is 0 Å². The van der Waals surface area contributed by atoms with Gasteiger partial charge in [0.15, 0.2) is 0 Å². The van der Waals surface area contributed by atoms with Crippen LogP contribution in [0.2, 0.25) is 0 Å². The van der Waals surface area contributed by atoms with Gasteiger partial charge in [-0.2, -0.15) is 11.8 Å². The molecule has 110 valence electrons.